The molecule has 145 valence electrons. The smallest absolute Gasteiger partial charge is 0.437 e. The van der Waals surface area contributed by atoms with Gasteiger partial charge >= 0.3 is 5.76 Å². The normalized spacial score (nSPS) is 10.6. The van der Waals surface area contributed by atoms with Crippen LogP contribution in [0.5, 0.6) is 5.75 Å². The predicted molar refractivity (Wildman–Crippen MR) is 106 cm³/mol. The first kappa shape index (κ1) is 23.0. The molecule has 0 aliphatic rings. The Hall–Kier alpha value is -1.29. The van der Waals surface area contributed by atoms with Gasteiger partial charge in [-0.3, -0.25) is 0 Å². The van der Waals surface area contributed by atoms with E-state index >= 15 is 0 Å². The topological polar surface area (TPSA) is 81.1 Å². The average Bonchev–Trinajstić information content (AvgIpc) is 2.99. The van der Waals surface area contributed by atoms with Crippen LogP contribution in [0, 0.1) is 71.8 Å². The fourth-order valence-corrected chi connectivity index (χ4v) is 3.20. The van der Waals surface area contributed by atoms with Crippen LogP contribution in [0.15, 0.2) is 27.4 Å². The van der Waals surface area contributed by atoms with Crippen molar-refractivity contribution in [3.8, 4) is 17.2 Å². The molecule has 0 saturated carbocycles. The SMILES string of the molecule is COc1cc([NH-])c(Cl)cc1Cn1nc(-c2cc(C)c(C)c(C)c2C)oc1=O.[Ac]. The van der Waals surface area contributed by atoms with E-state index < -0.39 is 5.76 Å². The Labute approximate surface area is 204 Å². The summed E-state index contributed by atoms with van der Waals surface area (Å²) in [7, 11) is 1.50. The molecule has 3 aromatic rings. The fraction of sp³-hybridized carbons (Fsp3) is 0.300. The van der Waals surface area contributed by atoms with Gasteiger partial charge in [0.2, 0.25) is 5.89 Å². The number of ether oxygens (including phenoxy) is 1. The van der Waals surface area contributed by atoms with Crippen LogP contribution in [0.4, 0.5) is 5.69 Å². The summed E-state index contributed by atoms with van der Waals surface area (Å²) >= 11 is 6.05. The summed E-state index contributed by atoms with van der Waals surface area (Å²) in [6.45, 7) is 8.27. The minimum absolute atomic E-state index is 0. The summed E-state index contributed by atoms with van der Waals surface area (Å²) in [5.41, 5.74) is 13.9. The molecule has 0 fully saturated rings. The van der Waals surface area contributed by atoms with E-state index in [1.807, 2.05) is 26.8 Å². The first-order chi connectivity index (χ1) is 12.7. The van der Waals surface area contributed by atoms with Gasteiger partial charge in [-0.25, -0.2) is 4.79 Å². The number of aromatic nitrogens is 2. The molecule has 0 unspecified atom stereocenters. The minimum Gasteiger partial charge on any atom is -0.697 e. The zero-order valence-electron chi connectivity index (χ0n) is 16.5. The van der Waals surface area contributed by atoms with Crippen LogP contribution < -0.4 is 10.5 Å². The quantitative estimate of drug-likeness (QED) is 0.409. The zero-order valence-corrected chi connectivity index (χ0v) is 22.0. The Morgan fingerprint density at radius 3 is 2.46 bits per heavy atom. The molecular weight excluding hydrogens is 593 g/mol. The Balaban J connectivity index is 0.00000280. The third-order valence-electron chi connectivity index (χ3n) is 5.01. The van der Waals surface area contributed by atoms with Crippen LogP contribution in [0.2, 0.25) is 5.02 Å². The number of hydrogen-bond donors (Lipinski definition) is 0. The number of rotatable bonds is 4. The van der Waals surface area contributed by atoms with E-state index in [0.717, 1.165) is 22.3 Å². The number of benzene rings is 2. The molecule has 0 saturated heterocycles. The van der Waals surface area contributed by atoms with Crippen molar-refractivity contribution < 1.29 is 53.2 Å². The molecular formula is C20H21AcClN3O3-. The molecule has 1 aromatic heterocycles. The first-order valence-electron chi connectivity index (χ1n) is 8.46. The van der Waals surface area contributed by atoms with Crippen molar-refractivity contribution in [3.05, 3.63) is 67.3 Å². The molecule has 1 heterocycles. The third-order valence-corrected chi connectivity index (χ3v) is 5.32. The molecule has 0 spiro atoms. The van der Waals surface area contributed by atoms with Crippen LogP contribution in [-0.2, 0) is 6.54 Å². The zero-order chi connectivity index (χ0) is 19.9. The molecule has 1 radical (unpaired) electrons. The van der Waals surface area contributed by atoms with Crippen molar-refractivity contribution >= 4 is 17.3 Å². The van der Waals surface area contributed by atoms with Crippen LogP contribution in [-0.4, -0.2) is 16.9 Å². The van der Waals surface area contributed by atoms with Crippen LogP contribution >= 0.6 is 11.6 Å². The second-order valence-electron chi connectivity index (χ2n) is 6.59. The molecule has 0 atom stereocenters. The van der Waals surface area contributed by atoms with Gasteiger partial charge in [0, 0.05) is 60.2 Å². The van der Waals surface area contributed by atoms with Gasteiger partial charge in [0.1, 0.15) is 5.75 Å². The van der Waals surface area contributed by atoms with E-state index in [1.54, 1.807) is 6.07 Å². The predicted octanol–water partition coefficient (Wildman–Crippen LogP) is 5.13. The second kappa shape index (κ2) is 9.02. The number of halogens is 1. The van der Waals surface area contributed by atoms with E-state index in [0.29, 0.717) is 11.3 Å². The van der Waals surface area contributed by atoms with E-state index in [1.165, 1.54) is 23.4 Å². The summed E-state index contributed by atoms with van der Waals surface area (Å²) in [4.78, 5) is 12.3. The number of hydrogen-bond acceptors (Lipinski definition) is 4. The molecule has 1 N–H and O–H groups in total. The standard InChI is InChI=1S/C20H21ClN3O3.Ac/c1-10-6-15(13(4)12(3)11(10)2)19-23-24(20(25)27-19)9-14-7-16(21)17(22)8-18(14)26-5;/h6-8,22H,9H2,1-5H3;/q-1;. The molecule has 0 bridgehead atoms. The number of aryl methyl sites for hydroxylation is 1. The van der Waals surface area contributed by atoms with Crippen molar-refractivity contribution in [1.82, 2.24) is 9.78 Å². The monoisotopic (exact) mass is 613 g/mol. The maximum absolute atomic E-state index is 12.3. The van der Waals surface area contributed by atoms with Crippen molar-refractivity contribution in [1.29, 1.82) is 0 Å². The maximum Gasteiger partial charge on any atom is 0.437 e. The van der Waals surface area contributed by atoms with E-state index in [-0.39, 0.29) is 67.2 Å². The first-order valence-corrected chi connectivity index (χ1v) is 8.84. The Morgan fingerprint density at radius 1 is 1.14 bits per heavy atom. The van der Waals surface area contributed by atoms with Crippen LogP contribution in [0.1, 0.15) is 27.8 Å². The third kappa shape index (κ3) is 4.32. The maximum atomic E-state index is 12.3. The molecule has 0 aliphatic carbocycles. The number of nitrogens with zero attached hydrogens (tertiary/aromatic N) is 2. The van der Waals surface area contributed by atoms with Gasteiger partial charge in [0.05, 0.1) is 13.7 Å². The molecule has 3 rings (SSSR count). The average molecular weight is 614 g/mol. The number of nitrogens with one attached hydrogen (secondary N) is 1. The summed E-state index contributed by atoms with van der Waals surface area (Å²) in [5.74, 6) is 0.193. The van der Waals surface area contributed by atoms with Gasteiger partial charge < -0.3 is 14.9 Å². The molecule has 8 heteroatoms. The van der Waals surface area contributed by atoms with Crippen LogP contribution in [0.3, 0.4) is 0 Å². The van der Waals surface area contributed by atoms with Crippen molar-refractivity contribution in [2.24, 2.45) is 0 Å². The Morgan fingerprint density at radius 2 is 1.82 bits per heavy atom. The summed E-state index contributed by atoms with van der Waals surface area (Å²) < 4.78 is 11.9. The van der Waals surface area contributed by atoms with Crippen molar-refractivity contribution in [2.75, 3.05) is 7.11 Å². The van der Waals surface area contributed by atoms with Gasteiger partial charge in [-0.15, -0.1) is 10.8 Å². The molecule has 6 nitrogen and oxygen atoms in total. The molecule has 2 aromatic carbocycles. The fourth-order valence-electron chi connectivity index (χ4n) is 3.02. The summed E-state index contributed by atoms with van der Waals surface area (Å²) in [6.07, 6.45) is 0. The van der Waals surface area contributed by atoms with Crippen molar-refractivity contribution in [3.63, 3.8) is 0 Å². The molecule has 0 aliphatic heterocycles. The van der Waals surface area contributed by atoms with Gasteiger partial charge in [-0.2, -0.15) is 4.68 Å². The Kier molecular flexibility index (Phi) is 7.41. The minimum atomic E-state index is -0.562. The van der Waals surface area contributed by atoms with E-state index in [4.69, 9.17) is 26.5 Å². The molecule has 28 heavy (non-hydrogen) atoms. The molecule has 0 amide bonds. The summed E-state index contributed by atoms with van der Waals surface area (Å²) in [6, 6.07) is 5.11. The van der Waals surface area contributed by atoms with E-state index in [9.17, 15) is 4.79 Å². The number of methoxy groups -OCH3 is 1. The van der Waals surface area contributed by atoms with Gasteiger partial charge in [0.15, 0.2) is 0 Å². The Bertz CT molecular complexity index is 1090. The largest absolute Gasteiger partial charge is 0.697 e. The van der Waals surface area contributed by atoms with Crippen LogP contribution in [0.25, 0.3) is 17.2 Å². The summed E-state index contributed by atoms with van der Waals surface area (Å²) in [5, 5.41) is 4.65. The van der Waals surface area contributed by atoms with Crippen molar-refractivity contribution in [2.45, 2.75) is 34.2 Å². The van der Waals surface area contributed by atoms with Gasteiger partial charge in [0.25, 0.3) is 0 Å². The van der Waals surface area contributed by atoms with Gasteiger partial charge in [-0.1, -0.05) is 11.6 Å². The second-order valence-corrected chi connectivity index (χ2v) is 7.00. The van der Waals surface area contributed by atoms with Gasteiger partial charge in [-0.05, 0) is 68.1 Å². The van der Waals surface area contributed by atoms with E-state index in [2.05, 4.69) is 12.0 Å².